The lowest BCUT2D eigenvalue weighted by atomic mass is 9.93. The van der Waals surface area contributed by atoms with Crippen LogP contribution in [0, 0.1) is 5.92 Å². The number of fused-ring (bicyclic) bond motifs is 2. The van der Waals surface area contributed by atoms with Crippen LogP contribution in [0.4, 0.5) is 0 Å². The van der Waals surface area contributed by atoms with Gasteiger partial charge in [0.25, 0.3) is 0 Å². The van der Waals surface area contributed by atoms with E-state index in [-0.39, 0.29) is 24.2 Å². The number of hydrogen-bond acceptors (Lipinski definition) is 4. The molecule has 0 bridgehead atoms. The molecule has 154 valence electrons. The van der Waals surface area contributed by atoms with Crippen LogP contribution in [0.25, 0.3) is 11.0 Å². The minimum atomic E-state index is 0.00666. The minimum Gasteiger partial charge on any atom is -0.356 e. The van der Waals surface area contributed by atoms with Gasteiger partial charge < -0.3 is 14.3 Å². The van der Waals surface area contributed by atoms with Gasteiger partial charge in [0.1, 0.15) is 5.69 Å². The van der Waals surface area contributed by atoms with Crippen LogP contribution in [0.5, 0.6) is 0 Å². The van der Waals surface area contributed by atoms with E-state index in [1.165, 1.54) is 11.1 Å². The van der Waals surface area contributed by atoms with Gasteiger partial charge in [-0.3, -0.25) is 9.59 Å². The lowest BCUT2D eigenvalue weighted by molar-refractivity contribution is -0.141. The van der Waals surface area contributed by atoms with E-state index in [9.17, 15) is 9.59 Å². The predicted octanol–water partition coefficient (Wildman–Crippen LogP) is 3.19. The number of benzene rings is 2. The third-order valence-electron chi connectivity index (χ3n) is 6.41. The Morgan fingerprint density at radius 3 is 2.50 bits per heavy atom. The van der Waals surface area contributed by atoms with Gasteiger partial charge in [0.05, 0.1) is 6.42 Å². The molecule has 0 N–H and O–H groups in total. The summed E-state index contributed by atoms with van der Waals surface area (Å²) in [4.78, 5) is 29.7. The standard InChI is InChI=1S/C24H25N3O3/c28-23(15-21-20-7-3-4-8-22(20)30-25-21)26-12-10-18(11-13-26)24(29)27-14-9-17-5-1-2-6-19(17)16-27/h1-8,18H,9-16H2. The average Bonchev–Trinajstić information content (AvgIpc) is 3.21. The lowest BCUT2D eigenvalue weighted by Gasteiger charge is -2.36. The van der Waals surface area contributed by atoms with Crippen molar-refractivity contribution < 1.29 is 14.1 Å². The summed E-state index contributed by atoms with van der Waals surface area (Å²) in [7, 11) is 0. The second-order valence-electron chi connectivity index (χ2n) is 8.24. The molecule has 0 atom stereocenters. The number of likely N-dealkylation sites (tertiary alicyclic amines) is 1. The highest BCUT2D eigenvalue weighted by molar-refractivity contribution is 5.86. The van der Waals surface area contributed by atoms with E-state index in [4.69, 9.17) is 4.52 Å². The maximum absolute atomic E-state index is 13.0. The van der Waals surface area contributed by atoms with Crippen LogP contribution >= 0.6 is 0 Å². The first kappa shape index (κ1) is 18.9. The molecule has 3 heterocycles. The molecular weight excluding hydrogens is 378 g/mol. The number of amides is 2. The Morgan fingerprint density at radius 2 is 1.67 bits per heavy atom. The van der Waals surface area contributed by atoms with Gasteiger partial charge in [0.2, 0.25) is 11.8 Å². The first-order valence-corrected chi connectivity index (χ1v) is 10.7. The van der Waals surface area contributed by atoms with E-state index >= 15 is 0 Å². The van der Waals surface area contributed by atoms with Crippen LogP contribution in [0.3, 0.4) is 0 Å². The van der Waals surface area contributed by atoms with Crippen molar-refractivity contribution in [1.82, 2.24) is 15.0 Å². The van der Waals surface area contributed by atoms with E-state index in [1.807, 2.05) is 40.1 Å². The highest BCUT2D eigenvalue weighted by Gasteiger charge is 2.31. The second-order valence-corrected chi connectivity index (χ2v) is 8.24. The second kappa shape index (κ2) is 7.94. The van der Waals surface area contributed by atoms with Crippen molar-refractivity contribution in [3.63, 3.8) is 0 Å². The zero-order valence-corrected chi connectivity index (χ0v) is 16.9. The number of carbonyl (C=O) groups excluding carboxylic acids is 2. The summed E-state index contributed by atoms with van der Waals surface area (Å²) >= 11 is 0. The maximum Gasteiger partial charge on any atom is 0.228 e. The highest BCUT2D eigenvalue weighted by atomic mass is 16.5. The van der Waals surface area contributed by atoms with Gasteiger partial charge in [0.15, 0.2) is 5.58 Å². The molecule has 6 heteroatoms. The molecule has 1 saturated heterocycles. The van der Waals surface area contributed by atoms with Crippen LogP contribution in [-0.2, 0) is 29.0 Å². The normalized spacial score (nSPS) is 17.2. The summed E-state index contributed by atoms with van der Waals surface area (Å²) < 4.78 is 5.31. The van der Waals surface area contributed by atoms with Gasteiger partial charge >= 0.3 is 0 Å². The first-order chi connectivity index (χ1) is 14.7. The molecule has 0 unspecified atom stereocenters. The number of nitrogens with zero attached hydrogens (tertiary/aromatic N) is 3. The van der Waals surface area contributed by atoms with Crippen LogP contribution in [-0.4, -0.2) is 46.4 Å². The van der Waals surface area contributed by atoms with Crippen molar-refractivity contribution in [3.05, 3.63) is 65.4 Å². The smallest absolute Gasteiger partial charge is 0.228 e. The number of aromatic nitrogens is 1. The molecule has 1 fully saturated rings. The van der Waals surface area contributed by atoms with E-state index in [1.54, 1.807) is 0 Å². The fourth-order valence-corrected chi connectivity index (χ4v) is 4.64. The molecule has 0 saturated carbocycles. The number of carbonyl (C=O) groups is 2. The monoisotopic (exact) mass is 403 g/mol. The summed E-state index contributed by atoms with van der Waals surface area (Å²) in [6, 6.07) is 16.0. The molecule has 2 aliphatic heterocycles. The fourth-order valence-electron chi connectivity index (χ4n) is 4.64. The van der Waals surface area contributed by atoms with E-state index < -0.39 is 0 Å². The molecule has 2 aromatic carbocycles. The quantitative estimate of drug-likeness (QED) is 0.674. The summed E-state index contributed by atoms with van der Waals surface area (Å²) in [6.45, 7) is 2.73. The topological polar surface area (TPSA) is 66.7 Å². The maximum atomic E-state index is 13.0. The molecule has 30 heavy (non-hydrogen) atoms. The van der Waals surface area contributed by atoms with Crippen LogP contribution in [0.1, 0.15) is 29.7 Å². The number of hydrogen-bond donors (Lipinski definition) is 0. The molecule has 3 aromatic rings. The van der Waals surface area contributed by atoms with E-state index in [0.29, 0.717) is 30.9 Å². The van der Waals surface area contributed by atoms with Crippen molar-refractivity contribution in [2.24, 2.45) is 5.92 Å². The van der Waals surface area contributed by atoms with Crippen LogP contribution in [0.2, 0.25) is 0 Å². The number of rotatable bonds is 3. The van der Waals surface area contributed by atoms with Gasteiger partial charge in [-0.1, -0.05) is 41.6 Å². The molecule has 6 nitrogen and oxygen atoms in total. The average molecular weight is 403 g/mol. The van der Waals surface area contributed by atoms with Crippen molar-refractivity contribution in [2.75, 3.05) is 19.6 Å². The molecule has 5 rings (SSSR count). The van der Waals surface area contributed by atoms with Crippen molar-refractivity contribution in [3.8, 4) is 0 Å². The Balaban J connectivity index is 1.17. The largest absolute Gasteiger partial charge is 0.356 e. The zero-order valence-electron chi connectivity index (χ0n) is 16.9. The third-order valence-corrected chi connectivity index (χ3v) is 6.41. The third kappa shape index (κ3) is 3.58. The SMILES string of the molecule is O=C(Cc1noc2ccccc12)N1CCC(C(=O)N2CCc3ccccc3C2)CC1. The molecule has 0 radical (unpaired) electrons. The van der Waals surface area contributed by atoms with Gasteiger partial charge in [-0.25, -0.2) is 0 Å². The Kier molecular flexibility index (Phi) is 4.99. The Morgan fingerprint density at radius 1 is 0.933 bits per heavy atom. The fraction of sp³-hybridized carbons (Fsp3) is 0.375. The summed E-state index contributed by atoms with van der Waals surface area (Å²) in [5, 5.41) is 4.96. The Bertz CT molecular complexity index is 1080. The number of piperidine rings is 1. The van der Waals surface area contributed by atoms with Gasteiger partial charge in [-0.15, -0.1) is 0 Å². The molecule has 1 aromatic heterocycles. The Hall–Kier alpha value is -3.15. The first-order valence-electron chi connectivity index (χ1n) is 10.7. The molecule has 2 aliphatic rings. The minimum absolute atomic E-state index is 0.00666. The van der Waals surface area contributed by atoms with E-state index in [2.05, 4.69) is 23.4 Å². The van der Waals surface area contributed by atoms with Crippen LogP contribution in [0.15, 0.2) is 53.1 Å². The lowest BCUT2D eigenvalue weighted by Crippen LogP contribution is -2.46. The highest BCUT2D eigenvalue weighted by Crippen LogP contribution is 2.25. The number of para-hydroxylation sites is 1. The molecule has 2 amide bonds. The van der Waals surface area contributed by atoms with Gasteiger partial charge in [0, 0.05) is 37.5 Å². The Labute approximate surface area is 175 Å². The van der Waals surface area contributed by atoms with Crippen molar-refractivity contribution >= 4 is 22.8 Å². The van der Waals surface area contributed by atoms with Crippen molar-refractivity contribution in [2.45, 2.75) is 32.2 Å². The summed E-state index contributed by atoms with van der Waals surface area (Å²) in [6.07, 6.45) is 2.61. The molecule has 0 spiro atoms. The molecular formula is C24H25N3O3. The summed E-state index contributed by atoms with van der Waals surface area (Å²) in [5.74, 6) is 0.290. The van der Waals surface area contributed by atoms with Crippen molar-refractivity contribution in [1.29, 1.82) is 0 Å². The predicted molar refractivity (Wildman–Crippen MR) is 113 cm³/mol. The van der Waals surface area contributed by atoms with Gasteiger partial charge in [-0.05, 0) is 42.5 Å². The van der Waals surface area contributed by atoms with E-state index in [0.717, 1.165) is 31.2 Å². The zero-order chi connectivity index (χ0) is 20.5. The van der Waals surface area contributed by atoms with Crippen LogP contribution < -0.4 is 0 Å². The summed E-state index contributed by atoms with van der Waals surface area (Å²) in [5.41, 5.74) is 3.99. The molecule has 0 aliphatic carbocycles. The van der Waals surface area contributed by atoms with Gasteiger partial charge in [-0.2, -0.15) is 0 Å².